The molecule has 1 unspecified atom stereocenters. The highest BCUT2D eigenvalue weighted by atomic mass is 19.1. The lowest BCUT2D eigenvalue weighted by Crippen LogP contribution is -2.63. The van der Waals surface area contributed by atoms with Crippen molar-refractivity contribution in [3.05, 3.63) is 45.2 Å². The molecule has 2 amide bonds. The number of phenols is 1. The number of carbonyl (C=O) groups is 4. The molecule has 1 aromatic carbocycles. The van der Waals surface area contributed by atoms with Gasteiger partial charge in [0.05, 0.1) is 23.3 Å². The normalized spacial score (nSPS) is 30.1. The van der Waals surface area contributed by atoms with Crippen LogP contribution in [0.5, 0.6) is 5.75 Å². The van der Waals surface area contributed by atoms with Crippen molar-refractivity contribution >= 4 is 29.1 Å². The number of rotatable bonds is 3. The molecule has 0 radical (unpaired) electrons. The fraction of sp³-hybridized carbons (Fsp3) is 0.500. The lowest BCUT2D eigenvalue weighted by molar-refractivity contribution is -0.148. The number of fused-ring (bicyclic) bond motifs is 4. The van der Waals surface area contributed by atoms with E-state index in [0.29, 0.717) is 0 Å². The van der Waals surface area contributed by atoms with Crippen molar-refractivity contribution < 1.29 is 44.0 Å². The first kappa shape index (κ1) is 28.7. The Hall–Kier alpha value is -3.81. The number of aliphatic hydroxyl groups excluding tert-OH is 2. The number of primary amides is 1. The summed E-state index contributed by atoms with van der Waals surface area (Å²) in [5.41, 5.74) is 0.351. The number of aliphatic hydroxyl groups is 3. The minimum absolute atomic E-state index is 0.00251. The maximum absolute atomic E-state index is 16.2. The zero-order valence-corrected chi connectivity index (χ0v) is 23.3. The van der Waals surface area contributed by atoms with Crippen molar-refractivity contribution in [1.29, 1.82) is 0 Å². The van der Waals surface area contributed by atoms with E-state index >= 15 is 4.39 Å². The highest BCUT2D eigenvalue weighted by Crippen LogP contribution is 2.53. The molecule has 0 saturated heterocycles. The van der Waals surface area contributed by atoms with E-state index < -0.39 is 92.7 Å². The second-order valence-electron chi connectivity index (χ2n) is 11.9. The molecular weight excluding hydrogens is 539 g/mol. The molecular formula is C28H33FN4O8. The monoisotopic (exact) mass is 572 g/mol. The van der Waals surface area contributed by atoms with Crippen LogP contribution in [-0.4, -0.2) is 92.4 Å². The molecule has 0 saturated carbocycles. The van der Waals surface area contributed by atoms with Crippen molar-refractivity contribution in [3.63, 3.8) is 0 Å². The molecule has 5 rings (SSSR count). The van der Waals surface area contributed by atoms with Gasteiger partial charge in [-0.15, -0.1) is 0 Å². The van der Waals surface area contributed by atoms with Gasteiger partial charge in [0.1, 0.15) is 22.9 Å². The van der Waals surface area contributed by atoms with Gasteiger partial charge >= 0.3 is 0 Å². The Bertz CT molecular complexity index is 1500. The fourth-order valence-corrected chi connectivity index (χ4v) is 7.24. The predicted octanol–water partition coefficient (Wildman–Crippen LogP) is 0.668. The molecule has 220 valence electrons. The van der Waals surface area contributed by atoms with E-state index in [1.54, 1.807) is 11.9 Å². The van der Waals surface area contributed by atoms with Crippen molar-refractivity contribution in [3.8, 4) is 5.75 Å². The maximum Gasteiger partial charge on any atom is 0.255 e. The molecule has 5 atom stereocenters. The minimum atomic E-state index is -2.80. The number of nitrogens with two attached hydrogens (primary N) is 1. The van der Waals surface area contributed by atoms with Gasteiger partial charge in [-0.1, -0.05) is 13.8 Å². The number of allylic oxidation sites excluding steroid dienone is 1. The van der Waals surface area contributed by atoms with Crippen LogP contribution in [0.2, 0.25) is 0 Å². The summed E-state index contributed by atoms with van der Waals surface area (Å²) in [7, 11) is 4.70. The van der Waals surface area contributed by atoms with Gasteiger partial charge in [0.2, 0.25) is 11.7 Å². The summed E-state index contributed by atoms with van der Waals surface area (Å²) in [5.74, 6) is -9.70. The average molecular weight is 573 g/mol. The Morgan fingerprint density at radius 3 is 2.37 bits per heavy atom. The highest BCUT2D eigenvalue weighted by molar-refractivity contribution is 6.25. The number of carbonyl (C=O) groups excluding carboxylic acids is 4. The molecule has 3 aliphatic carbocycles. The molecule has 13 heteroatoms. The number of phenolic OH excluding ortho intramolecular Hbond substituents is 1. The third-order valence-corrected chi connectivity index (χ3v) is 8.95. The molecule has 12 nitrogen and oxygen atoms in total. The topological polar surface area (TPSA) is 194 Å². The van der Waals surface area contributed by atoms with E-state index in [2.05, 4.69) is 5.32 Å². The first-order valence-corrected chi connectivity index (χ1v) is 13.3. The molecule has 0 aromatic heterocycles. The van der Waals surface area contributed by atoms with E-state index in [0.717, 1.165) is 0 Å². The SMILES string of the molecule is CC(C)C1C(=O)Nc2c(O)c3c(c(F)c2CN1C)C[C@H]1C[C@H]2[C@H](N(C)C)C(O)=C(C(N)=O)C(=O)[C@@]2(O)C(O)=C1C3=O. The summed E-state index contributed by atoms with van der Waals surface area (Å²) in [6, 6.07) is -1.79. The van der Waals surface area contributed by atoms with E-state index in [9.17, 15) is 39.6 Å². The van der Waals surface area contributed by atoms with Gasteiger partial charge in [-0.2, -0.15) is 0 Å². The number of aromatic hydroxyl groups is 1. The van der Waals surface area contributed by atoms with Crippen LogP contribution in [0.4, 0.5) is 10.1 Å². The van der Waals surface area contributed by atoms with E-state index in [4.69, 9.17) is 5.73 Å². The molecule has 1 heterocycles. The van der Waals surface area contributed by atoms with Crippen LogP contribution in [0, 0.1) is 23.6 Å². The van der Waals surface area contributed by atoms with Crippen LogP contribution in [0.3, 0.4) is 0 Å². The highest BCUT2D eigenvalue weighted by Gasteiger charge is 2.63. The van der Waals surface area contributed by atoms with Crippen LogP contribution < -0.4 is 11.1 Å². The Kier molecular flexibility index (Phi) is 6.56. The van der Waals surface area contributed by atoms with Gasteiger partial charge in [0.25, 0.3) is 5.91 Å². The zero-order valence-electron chi connectivity index (χ0n) is 23.3. The third kappa shape index (κ3) is 3.75. The van der Waals surface area contributed by atoms with E-state index in [1.807, 2.05) is 13.8 Å². The maximum atomic E-state index is 16.2. The molecule has 41 heavy (non-hydrogen) atoms. The number of likely N-dealkylation sites (N-methyl/N-ethyl adjacent to an activating group) is 2. The van der Waals surface area contributed by atoms with Gasteiger partial charge in [-0.3, -0.25) is 29.0 Å². The summed E-state index contributed by atoms with van der Waals surface area (Å²) >= 11 is 0. The lowest BCUT2D eigenvalue weighted by Gasteiger charge is -2.50. The second-order valence-corrected chi connectivity index (χ2v) is 11.9. The number of ketones is 2. The smallest absolute Gasteiger partial charge is 0.255 e. The summed E-state index contributed by atoms with van der Waals surface area (Å²) in [6.45, 7) is 3.61. The lowest BCUT2D eigenvalue weighted by atomic mass is 9.58. The Morgan fingerprint density at radius 2 is 1.80 bits per heavy atom. The van der Waals surface area contributed by atoms with Crippen LogP contribution in [-0.2, 0) is 27.3 Å². The number of benzene rings is 1. The number of Topliss-reactive ketones (excluding diaryl/α,β-unsaturated/α-hetero) is 2. The number of hydrogen-bond acceptors (Lipinski definition) is 10. The molecule has 0 spiro atoms. The Morgan fingerprint density at radius 1 is 1.17 bits per heavy atom. The van der Waals surface area contributed by atoms with Crippen LogP contribution in [0.25, 0.3) is 0 Å². The van der Waals surface area contributed by atoms with E-state index in [-0.39, 0.29) is 42.1 Å². The predicted molar refractivity (Wildman–Crippen MR) is 142 cm³/mol. The number of anilines is 1. The van der Waals surface area contributed by atoms with E-state index in [1.165, 1.54) is 19.0 Å². The molecule has 1 aliphatic heterocycles. The van der Waals surface area contributed by atoms with Gasteiger partial charge in [-0.05, 0) is 45.8 Å². The van der Waals surface area contributed by atoms with Crippen molar-refractivity contribution in [1.82, 2.24) is 9.80 Å². The Balaban J connectivity index is 1.71. The van der Waals surface area contributed by atoms with Gasteiger partial charge in [0, 0.05) is 29.2 Å². The number of halogens is 1. The van der Waals surface area contributed by atoms with Crippen molar-refractivity contribution in [2.75, 3.05) is 26.5 Å². The van der Waals surface area contributed by atoms with Gasteiger partial charge in [0.15, 0.2) is 17.1 Å². The van der Waals surface area contributed by atoms with Gasteiger partial charge in [-0.25, -0.2) is 4.39 Å². The average Bonchev–Trinajstić information content (AvgIpc) is 2.99. The Labute approximate surface area is 234 Å². The summed E-state index contributed by atoms with van der Waals surface area (Å²) in [6.07, 6.45) is -0.346. The number of nitrogens with one attached hydrogen (secondary N) is 1. The molecule has 0 bridgehead atoms. The molecule has 4 aliphatic rings. The number of hydrogen-bond donors (Lipinski definition) is 6. The number of nitrogens with zero attached hydrogens (tertiary/aromatic N) is 2. The molecule has 7 N–H and O–H groups in total. The van der Waals surface area contributed by atoms with Crippen molar-refractivity contribution in [2.24, 2.45) is 23.5 Å². The van der Waals surface area contributed by atoms with Crippen LogP contribution in [0.1, 0.15) is 41.8 Å². The molecule has 0 fully saturated rings. The fourth-order valence-electron chi connectivity index (χ4n) is 7.24. The summed E-state index contributed by atoms with van der Waals surface area (Å²) in [5, 5.41) is 47.7. The number of amides is 2. The molecule has 1 aromatic rings. The third-order valence-electron chi connectivity index (χ3n) is 8.95. The van der Waals surface area contributed by atoms with Gasteiger partial charge < -0.3 is 31.5 Å². The minimum Gasteiger partial charge on any atom is -0.510 e. The standard InChI is InChI=1S/C28H33FN4O8/c1-9(2)19-27(40)31-18-12(8-33(19)5)17(29)11-6-10-7-13-20(32(3)4)23(36)16(26(30)39)25(38)28(13,41)24(37)14(10)21(34)15(11)22(18)35/h9-10,13,19-20,35-37,41H,6-8H2,1-5H3,(H2,30,39)(H,31,40)/t10-,13-,19?,20-,28-/m0/s1. The largest absolute Gasteiger partial charge is 0.510 e. The summed E-state index contributed by atoms with van der Waals surface area (Å²) < 4.78 is 16.2. The quantitative estimate of drug-likeness (QED) is 0.221. The van der Waals surface area contributed by atoms with Crippen LogP contribution in [0.15, 0.2) is 22.7 Å². The first-order chi connectivity index (χ1) is 19.0. The van der Waals surface area contributed by atoms with Crippen LogP contribution >= 0.6 is 0 Å². The van der Waals surface area contributed by atoms with Crippen molar-refractivity contribution in [2.45, 2.75) is 50.9 Å². The second kappa shape index (κ2) is 9.36. The first-order valence-electron chi connectivity index (χ1n) is 13.3. The zero-order chi connectivity index (χ0) is 30.5. The summed E-state index contributed by atoms with van der Waals surface area (Å²) in [4.78, 5) is 55.5.